The zero-order chi connectivity index (χ0) is 19.5. The molecule has 8 heteroatoms. The number of para-hydroxylation sites is 2. The molecule has 3 unspecified atom stereocenters. The van der Waals surface area contributed by atoms with Crippen molar-refractivity contribution in [1.82, 2.24) is 0 Å². The lowest BCUT2D eigenvalue weighted by Crippen LogP contribution is -2.45. The van der Waals surface area contributed by atoms with Crippen molar-refractivity contribution in [3.05, 3.63) is 60.7 Å². The van der Waals surface area contributed by atoms with Crippen LogP contribution < -0.4 is 10.9 Å². The van der Waals surface area contributed by atoms with Gasteiger partial charge in [0.2, 0.25) is 0 Å². The second-order valence-corrected chi connectivity index (χ2v) is 5.71. The van der Waals surface area contributed by atoms with Crippen molar-refractivity contribution in [2.24, 2.45) is 10.2 Å². The van der Waals surface area contributed by atoms with Gasteiger partial charge in [0.25, 0.3) is 0 Å². The number of aliphatic hydroxyl groups excluding tert-OH is 3. The third-order valence-corrected chi connectivity index (χ3v) is 3.61. The molecule has 0 fully saturated rings. The fourth-order valence-electron chi connectivity index (χ4n) is 2.15. The Balaban J connectivity index is 2.13. The van der Waals surface area contributed by atoms with Gasteiger partial charge in [-0.2, -0.15) is 10.2 Å². The van der Waals surface area contributed by atoms with Crippen LogP contribution >= 0.6 is 0 Å². The average molecular weight is 372 g/mol. The van der Waals surface area contributed by atoms with Crippen LogP contribution in [-0.4, -0.2) is 59.3 Å². The van der Waals surface area contributed by atoms with Gasteiger partial charge >= 0.3 is 0 Å². The van der Waals surface area contributed by atoms with Gasteiger partial charge in [0.1, 0.15) is 24.0 Å². The summed E-state index contributed by atoms with van der Waals surface area (Å²) in [5.74, 6) is 0. The second kappa shape index (κ2) is 11.0. The Hall–Kier alpha value is -2.78. The first-order valence-electron chi connectivity index (χ1n) is 8.37. The number of rotatable bonds is 10. The molecule has 0 saturated carbocycles. The van der Waals surface area contributed by atoms with Gasteiger partial charge in [-0.25, -0.2) is 0 Å². The number of ether oxygens (including phenoxy) is 1. The second-order valence-electron chi connectivity index (χ2n) is 5.71. The van der Waals surface area contributed by atoms with Crippen LogP contribution in [-0.2, 0) is 4.74 Å². The highest BCUT2D eigenvalue weighted by Gasteiger charge is 2.28. The minimum absolute atomic E-state index is 0.0323. The molecule has 0 spiro atoms. The van der Waals surface area contributed by atoms with Gasteiger partial charge in [0, 0.05) is 7.11 Å². The molecule has 0 aliphatic heterocycles. The summed E-state index contributed by atoms with van der Waals surface area (Å²) in [6, 6.07) is 18.3. The van der Waals surface area contributed by atoms with Gasteiger partial charge in [-0.3, -0.25) is 10.9 Å². The largest absolute Gasteiger partial charge is 0.388 e. The number of benzene rings is 2. The fraction of sp³-hybridized carbons (Fsp3) is 0.263. The first kappa shape index (κ1) is 20.5. The minimum Gasteiger partial charge on any atom is -0.388 e. The van der Waals surface area contributed by atoms with Crippen LogP contribution in [0.25, 0.3) is 0 Å². The maximum Gasteiger partial charge on any atom is 0.128 e. The summed E-state index contributed by atoms with van der Waals surface area (Å²) in [6.07, 6.45) is -2.98. The summed E-state index contributed by atoms with van der Waals surface area (Å²) in [4.78, 5) is 0. The van der Waals surface area contributed by atoms with Gasteiger partial charge < -0.3 is 20.1 Å². The number of nitrogens with zero attached hydrogens (tertiary/aromatic N) is 2. The van der Waals surface area contributed by atoms with Crippen LogP contribution in [0.3, 0.4) is 0 Å². The maximum atomic E-state index is 10.4. The van der Waals surface area contributed by atoms with Crippen LogP contribution in [0.5, 0.6) is 0 Å². The lowest BCUT2D eigenvalue weighted by Gasteiger charge is -2.22. The molecular formula is C19H24N4O4. The Kier molecular flexibility index (Phi) is 8.40. The molecule has 8 nitrogen and oxygen atoms in total. The van der Waals surface area contributed by atoms with Gasteiger partial charge in [0.05, 0.1) is 24.2 Å². The van der Waals surface area contributed by atoms with Crippen LogP contribution in [0.2, 0.25) is 0 Å². The normalized spacial score (nSPS) is 15.3. The van der Waals surface area contributed by atoms with Gasteiger partial charge in [-0.15, -0.1) is 0 Å². The van der Waals surface area contributed by atoms with E-state index in [1.165, 1.54) is 13.3 Å². The summed E-state index contributed by atoms with van der Waals surface area (Å²) in [5, 5.41) is 38.5. The summed E-state index contributed by atoms with van der Waals surface area (Å²) >= 11 is 0. The first-order chi connectivity index (χ1) is 13.1. The van der Waals surface area contributed by atoms with E-state index in [9.17, 15) is 15.3 Å². The van der Waals surface area contributed by atoms with E-state index >= 15 is 0 Å². The Morgan fingerprint density at radius 3 is 2.07 bits per heavy atom. The summed E-state index contributed by atoms with van der Waals surface area (Å²) in [6.45, 7) is -0.128. The minimum atomic E-state index is -1.50. The predicted octanol–water partition coefficient (Wildman–Crippen LogP) is 1.28. The smallest absolute Gasteiger partial charge is 0.128 e. The highest BCUT2D eigenvalue weighted by molar-refractivity contribution is 6.33. The summed E-state index contributed by atoms with van der Waals surface area (Å²) in [5.41, 5.74) is 7.06. The van der Waals surface area contributed by atoms with E-state index in [4.69, 9.17) is 4.74 Å². The number of aliphatic hydroxyl groups is 3. The molecule has 0 heterocycles. The Morgan fingerprint density at radius 1 is 0.963 bits per heavy atom. The van der Waals surface area contributed by atoms with Crippen molar-refractivity contribution in [2.45, 2.75) is 18.3 Å². The lowest BCUT2D eigenvalue weighted by molar-refractivity contribution is -0.0623. The molecule has 0 aliphatic carbocycles. The van der Waals surface area contributed by atoms with Crippen LogP contribution in [0.4, 0.5) is 11.4 Å². The number of hydrazone groups is 2. The molecule has 2 aromatic rings. The molecular weight excluding hydrogens is 348 g/mol. The quantitative estimate of drug-likeness (QED) is 0.317. The molecule has 3 atom stereocenters. The SMILES string of the molecule is COCC(O)C(O)C(O)C(/C=N\Nc1ccccc1)=N/Nc1ccccc1. The topological polar surface area (TPSA) is 119 Å². The maximum absolute atomic E-state index is 10.4. The lowest BCUT2D eigenvalue weighted by atomic mass is 10.0. The number of methoxy groups -OCH3 is 1. The third-order valence-electron chi connectivity index (χ3n) is 3.61. The number of hydrogen-bond donors (Lipinski definition) is 5. The zero-order valence-electron chi connectivity index (χ0n) is 14.9. The third kappa shape index (κ3) is 6.80. The molecule has 0 radical (unpaired) electrons. The first-order valence-corrected chi connectivity index (χ1v) is 8.37. The number of hydrogen-bond acceptors (Lipinski definition) is 8. The monoisotopic (exact) mass is 372 g/mol. The van der Waals surface area contributed by atoms with E-state index in [1.807, 2.05) is 48.5 Å². The number of nitrogens with one attached hydrogen (secondary N) is 2. The molecule has 2 aromatic carbocycles. The molecule has 0 saturated heterocycles. The summed E-state index contributed by atoms with van der Waals surface area (Å²) < 4.78 is 4.80. The van der Waals surface area contributed by atoms with Gasteiger partial charge in [-0.1, -0.05) is 36.4 Å². The van der Waals surface area contributed by atoms with E-state index in [2.05, 4.69) is 21.1 Å². The van der Waals surface area contributed by atoms with Crippen molar-refractivity contribution < 1.29 is 20.1 Å². The number of anilines is 2. The van der Waals surface area contributed by atoms with E-state index in [0.29, 0.717) is 5.69 Å². The molecule has 0 aromatic heterocycles. The van der Waals surface area contributed by atoms with Crippen LogP contribution in [0.1, 0.15) is 0 Å². The Bertz CT molecular complexity index is 725. The summed E-state index contributed by atoms with van der Waals surface area (Å²) in [7, 11) is 1.39. The molecule has 0 amide bonds. The highest BCUT2D eigenvalue weighted by atomic mass is 16.5. The van der Waals surface area contributed by atoms with Crippen LogP contribution in [0.15, 0.2) is 70.9 Å². The molecule has 2 rings (SSSR count). The van der Waals surface area contributed by atoms with Gasteiger partial charge in [0.15, 0.2) is 0 Å². The zero-order valence-corrected chi connectivity index (χ0v) is 14.9. The van der Waals surface area contributed by atoms with E-state index in [1.54, 1.807) is 12.1 Å². The van der Waals surface area contributed by atoms with E-state index in [0.717, 1.165) is 5.69 Å². The van der Waals surface area contributed by atoms with E-state index in [-0.39, 0.29) is 12.3 Å². The standard InChI is InChI=1S/C19H24N4O4/c1-27-13-17(24)19(26)18(25)16(23-22-15-10-6-3-7-11-15)12-20-21-14-8-4-2-5-9-14/h2-12,17-19,21-22,24-26H,13H2,1H3/b20-12-,23-16+. The Labute approximate surface area is 157 Å². The predicted molar refractivity (Wildman–Crippen MR) is 106 cm³/mol. The highest BCUT2D eigenvalue weighted by Crippen LogP contribution is 2.08. The van der Waals surface area contributed by atoms with Crippen LogP contribution in [0, 0.1) is 0 Å². The van der Waals surface area contributed by atoms with Crippen molar-refractivity contribution >= 4 is 23.3 Å². The molecule has 144 valence electrons. The van der Waals surface area contributed by atoms with Gasteiger partial charge in [-0.05, 0) is 24.3 Å². The molecule has 5 N–H and O–H groups in total. The van der Waals surface area contributed by atoms with Crippen molar-refractivity contribution in [3.8, 4) is 0 Å². The molecule has 0 bridgehead atoms. The molecule has 0 aliphatic rings. The van der Waals surface area contributed by atoms with E-state index < -0.39 is 18.3 Å². The van der Waals surface area contributed by atoms with Crippen molar-refractivity contribution in [1.29, 1.82) is 0 Å². The van der Waals surface area contributed by atoms with Crippen molar-refractivity contribution in [3.63, 3.8) is 0 Å². The molecule has 27 heavy (non-hydrogen) atoms. The average Bonchev–Trinajstić information content (AvgIpc) is 2.71. The Morgan fingerprint density at radius 2 is 1.52 bits per heavy atom. The van der Waals surface area contributed by atoms with Crippen molar-refractivity contribution in [2.75, 3.05) is 24.6 Å². The fourth-order valence-corrected chi connectivity index (χ4v) is 2.15.